The van der Waals surface area contributed by atoms with Crippen LogP contribution in [0.15, 0.2) is 65.4 Å². The van der Waals surface area contributed by atoms with E-state index in [0.29, 0.717) is 33.7 Å². The first-order valence-electron chi connectivity index (χ1n) is 8.62. The van der Waals surface area contributed by atoms with Crippen molar-refractivity contribution in [2.24, 2.45) is 0 Å². The SMILES string of the molecule is COC(=O)C1=C(C)NC2=C(C(=O)c3ccccc32)[C@H]1c1ccc([N+](=O)[O-])cc1. The number of non-ortho nitro benzene ring substituents is 1. The second-order valence-electron chi connectivity index (χ2n) is 6.60. The van der Waals surface area contributed by atoms with Crippen molar-refractivity contribution in [3.05, 3.63) is 92.2 Å². The van der Waals surface area contributed by atoms with Crippen LogP contribution in [-0.2, 0) is 9.53 Å². The number of fused-ring (bicyclic) bond motifs is 2. The van der Waals surface area contributed by atoms with Crippen molar-refractivity contribution >= 4 is 23.1 Å². The van der Waals surface area contributed by atoms with E-state index in [-0.39, 0.29) is 11.5 Å². The van der Waals surface area contributed by atoms with Gasteiger partial charge in [-0.25, -0.2) is 4.79 Å². The molecule has 0 amide bonds. The Morgan fingerprint density at radius 2 is 1.75 bits per heavy atom. The van der Waals surface area contributed by atoms with Gasteiger partial charge in [-0.2, -0.15) is 0 Å². The normalized spacial score (nSPS) is 17.8. The number of hydrogen-bond donors (Lipinski definition) is 1. The van der Waals surface area contributed by atoms with Gasteiger partial charge in [0, 0.05) is 40.4 Å². The fourth-order valence-corrected chi connectivity index (χ4v) is 3.83. The molecule has 2 aromatic carbocycles. The molecule has 0 saturated heterocycles. The minimum atomic E-state index is -0.676. The van der Waals surface area contributed by atoms with Crippen LogP contribution in [0.3, 0.4) is 0 Å². The molecule has 0 radical (unpaired) electrons. The number of esters is 1. The van der Waals surface area contributed by atoms with Crippen molar-refractivity contribution in [2.75, 3.05) is 7.11 Å². The molecule has 1 N–H and O–H groups in total. The number of dihydropyridines is 1. The van der Waals surface area contributed by atoms with Crippen LogP contribution in [-0.4, -0.2) is 23.8 Å². The van der Waals surface area contributed by atoms with Crippen LogP contribution >= 0.6 is 0 Å². The standard InChI is InChI=1S/C21H16N2O5/c1-11-16(21(25)28-2)17(12-7-9-13(10-8-12)23(26)27)18-19(22-11)14-5-3-4-6-15(14)20(18)24/h3-10,17,22H,1-2H3/t17-/m0/s1. The molecule has 0 saturated carbocycles. The number of nitro benzene ring substituents is 1. The first kappa shape index (κ1) is 17.7. The second kappa shape index (κ2) is 6.45. The summed E-state index contributed by atoms with van der Waals surface area (Å²) >= 11 is 0. The molecule has 0 unspecified atom stereocenters. The van der Waals surface area contributed by atoms with Crippen LogP contribution in [0.2, 0.25) is 0 Å². The highest BCUT2D eigenvalue weighted by Crippen LogP contribution is 2.46. The van der Waals surface area contributed by atoms with Crippen LogP contribution in [0.25, 0.3) is 5.70 Å². The Balaban J connectivity index is 1.92. The molecule has 7 nitrogen and oxygen atoms in total. The predicted molar refractivity (Wildman–Crippen MR) is 101 cm³/mol. The molecule has 1 aliphatic carbocycles. The Morgan fingerprint density at radius 3 is 2.36 bits per heavy atom. The van der Waals surface area contributed by atoms with E-state index in [9.17, 15) is 19.7 Å². The minimum Gasteiger partial charge on any atom is -0.466 e. The van der Waals surface area contributed by atoms with Gasteiger partial charge in [-0.1, -0.05) is 36.4 Å². The third kappa shape index (κ3) is 2.51. The van der Waals surface area contributed by atoms with E-state index < -0.39 is 16.8 Å². The zero-order valence-corrected chi connectivity index (χ0v) is 15.2. The first-order chi connectivity index (χ1) is 13.4. The fourth-order valence-electron chi connectivity index (χ4n) is 3.83. The number of Topliss-reactive ketones (excluding diaryl/α,β-unsaturated/α-hetero) is 1. The van der Waals surface area contributed by atoms with E-state index in [1.165, 1.54) is 19.2 Å². The van der Waals surface area contributed by atoms with Gasteiger partial charge in [-0.05, 0) is 12.5 Å². The summed E-state index contributed by atoms with van der Waals surface area (Å²) < 4.78 is 4.96. The Kier molecular flexibility index (Phi) is 4.07. The molecule has 1 heterocycles. The predicted octanol–water partition coefficient (Wildman–Crippen LogP) is 3.34. The van der Waals surface area contributed by atoms with Crippen molar-refractivity contribution in [3.63, 3.8) is 0 Å². The molecule has 140 valence electrons. The number of nitrogens with one attached hydrogen (secondary N) is 1. The summed E-state index contributed by atoms with van der Waals surface area (Å²) in [5.74, 6) is -1.40. The molecule has 7 heteroatoms. The maximum absolute atomic E-state index is 13.2. The molecule has 1 atom stereocenters. The molecule has 2 aliphatic rings. The van der Waals surface area contributed by atoms with E-state index in [0.717, 1.165) is 5.56 Å². The number of carbonyl (C=O) groups excluding carboxylic acids is 2. The van der Waals surface area contributed by atoms with Gasteiger partial charge >= 0.3 is 5.97 Å². The molecule has 4 rings (SSSR count). The van der Waals surface area contributed by atoms with Gasteiger partial charge in [0.25, 0.3) is 5.69 Å². The highest BCUT2D eigenvalue weighted by molar-refractivity contribution is 6.23. The number of ketones is 1. The summed E-state index contributed by atoms with van der Waals surface area (Å²) in [5.41, 5.74) is 3.89. The lowest BCUT2D eigenvalue weighted by molar-refractivity contribution is -0.384. The Labute approximate surface area is 160 Å². The number of hydrogen-bond acceptors (Lipinski definition) is 6. The monoisotopic (exact) mass is 376 g/mol. The molecular weight excluding hydrogens is 360 g/mol. The second-order valence-corrected chi connectivity index (χ2v) is 6.60. The summed E-state index contributed by atoms with van der Waals surface area (Å²) in [4.78, 5) is 36.2. The van der Waals surface area contributed by atoms with Crippen molar-refractivity contribution in [2.45, 2.75) is 12.8 Å². The molecular formula is C21H16N2O5. The van der Waals surface area contributed by atoms with Crippen LogP contribution in [0.5, 0.6) is 0 Å². The smallest absolute Gasteiger partial charge is 0.336 e. The average molecular weight is 376 g/mol. The number of ether oxygens (including phenoxy) is 1. The van der Waals surface area contributed by atoms with Gasteiger partial charge in [0.2, 0.25) is 0 Å². The van der Waals surface area contributed by atoms with Gasteiger partial charge in [0.1, 0.15) is 0 Å². The molecule has 0 bridgehead atoms. The summed E-state index contributed by atoms with van der Waals surface area (Å²) in [5, 5.41) is 14.2. The van der Waals surface area contributed by atoms with E-state index in [1.54, 1.807) is 31.2 Å². The third-order valence-corrected chi connectivity index (χ3v) is 5.09. The van der Waals surface area contributed by atoms with E-state index in [4.69, 9.17) is 4.74 Å². The summed E-state index contributed by atoms with van der Waals surface area (Å²) in [7, 11) is 1.28. The maximum Gasteiger partial charge on any atom is 0.336 e. The number of rotatable bonds is 3. The molecule has 28 heavy (non-hydrogen) atoms. The number of benzene rings is 2. The van der Waals surface area contributed by atoms with E-state index in [2.05, 4.69) is 5.32 Å². The van der Waals surface area contributed by atoms with Crippen LogP contribution in [0.1, 0.15) is 34.3 Å². The van der Waals surface area contributed by atoms with Crippen molar-refractivity contribution < 1.29 is 19.2 Å². The Hall–Kier alpha value is -3.74. The summed E-state index contributed by atoms with van der Waals surface area (Å²) in [6.07, 6.45) is 0. The highest BCUT2D eigenvalue weighted by Gasteiger charge is 2.42. The lowest BCUT2D eigenvalue weighted by Crippen LogP contribution is -2.29. The maximum atomic E-state index is 13.2. The van der Waals surface area contributed by atoms with Gasteiger partial charge < -0.3 is 10.1 Å². The van der Waals surface area contributed by atoms with E-state index in [1.807, 2.05) is 12.1 Å². The zero-order chi connectivity index (χ0) is 20.0. The minimum absolute atomic E-state index is 0.0618. The average Bonchev–Trinajstić information content (AvgIpc) is 2.98. The zero-order valence-electron chi connectivity index (χ0n) is 15.2. The Morgan fingerprint density at radius 1 is 1.11 bits per heavy atom. The molecule has 0 spiro atoms. The van der Waals surface area contributed by atoms with Gasteiger partial charge in [-0.3, -0.25) is 14.9 Å². The Bertz CT molecular complexity index is 1100. The number of allylic oxidation sites excluding steroid dienone is 2. The van der Waals surface area contributed by atoms with Crippen molar-refractivity contribution in [1.82, 2.24) is 5.32 Å². The fraction of sp³-hybridized carbons (Fsp3) is 0.143. The largest absolute Gasteiger partial charge is 0.466 e. The topological polar surface area (TPSA) is 98.5 Å². The quantitative estimate of drug-likeness (QED) is 0.501. The third-order valence-electron chi connectivity index (χ3n) is 5.09. The molecule has 0 fully saturated rings. The highest BCUT2D eigenvalue weighted by atomic mass is 16.6. The lowest BCUT2D eigenvalue weighted by Gasteiger charge is -2.28. The molecule has 2 aromatic rings. The van der Waals surface area contributed by atoms with Gasteiger partial charge in [0.05, 0.1) is 23.3 Å². The molecule has 1 aliphatic heterocycles. The van der Waals surface area contributed by atoms with Crippen LogP contribution < -0.4 is 5.32 Å². The summed E-state index contributed by atoms with van der Waals surface area (Å²) in [6, 6.07) is 13.1. The van der Waals surface area contributed by atoms with Crippen molar-refractivity contribution in [1.29, 1.82) is 0 Å². The van der Waals surface area contributed by atoms with Gasteiger partial charge in [-0.15, -0.1) is 0 Å². The number of carbonyl (C=O) groups is 2. The lowest BCUT2D eigenvalue weighted by atomic mass is 9.80. The van der Waals surface area contributed by atoms with Crippen molar-refractivity contribution in [3.8, 4) is 0 Å². The number of nitro groups is 1. The number of nitrogens with zero attached hydrogens (tertiary/aromatic N) is 1. The van der Waals surface area contributed by atoms with Gasteiger partial charge in [0.15, 0.2) is 5.78 Å². The molecule has 0 aromatic heterocycles. The van der Waals surface area contributed by atoms with E-state index >= 15 is 0 Å². The number of methoxy groups -OCH3 is 1. The first-order valence-corrected chi connectivity index (χ1v) is 8.62. The summed E-state index contributed by atoms with van der Waals surface area (Å²) in [6.45, 7) is 1.75. The van der Waals surface area contributed by atoms with Crippen LogP contribution in [0, 0.1) is 10.1 Å². The van der Waals surface area contributed by atoms with Crippen LogP contribution in [0.4, 0.5) is 5.69 Å².